The summed E-state index contributed by atoms with van der Waals surface area (Å²) in [5, 5.41) is 12.9. The predicted octanol–water partition coefficient (Wildman–Crippen LogP) is 2.69. The Morgan fingerprint density at radius 3 is 2.93 bits per heavy atom. The van der Waals surface area contributed by atoms with Crippen molar-refractivity contribution in [3.63, 3.8) is 0 Å². The van der Waals surface area contributed by atoms with E-state index in [4.69, 9.17) is 5.73 Å². The largest absolute Gasteiger partial charge is 0.366 e. The molecule has 1 amide bonds. The van der Waals surface area contributed by atoms with Gasteiger partial charge in [0.15, 0.2) is 11.5 Å². The molecule has 0 fully saturated rings. The zero-order valence-electron chi connectivity index (χ0n) is 15.8. The van der Waals surface area contributed by atoms with E-state index < -0.39 is 11.7 Å². The van der Waals surface area contributed by atoms with Crippen LogP contribution in [0.5, 0.6) is 0 Å². The van der Waals surface area contributed by atoms with Crippen molar-refractivity contribution in [2.45, 2.75) is 12.5 Å². The van der Waals surface area contributed by atoms with E-state index >= 15 is 0 Å². The highest BCUT2D eigenvalue weighted by atomic mass is 19.1. The number of fused-ring (bicyclic) bond motifs is 2. The lowest BCUT2D eigenvalue weighted by Crippen LogP contribution is -2.18. The van der Waals surface area contributed by atoms with Gasteiger partial charge in [0, 0.05) is 29.7 Å². The number of amides is 1. The quantitative estimate of drug-likeness (QED) is 0.728. The number of nitrogens with zero attached hydrogens (tertiary/aromatic N) is 5. The first-order valence-corrected chi connectivity index (χ1v) is 9.48. The summed E-state index contributed by atoms with van der Waals surface area (Å²) < 4.78 is 16.0. The Balaban J connectivity index is 1.50. The highest BCUT2D eigenvalue weighted by molar-refractivity contribution is 5.94. The lowest BCUT2D eigenvalue weighted by Gasteiger charge is -2.22. The molecule has 0 saturated carbocycles. The Hall–Kier alpha value is -3.94. The minimum Gasteiger partial charge on any atom is -0.366 e. The van der Waals surface area contributed by atoms with Crippen LogP contribution >= 0.6 is 0 Å². The zero-order valence-corrected chi connectivity index (χ0v) is 15.8. The highest BCUT2D eigenvalue weighted by Gasteiger charge is 2.20. The van der Waals surface area contributed by atoms with Crippen LogP contribution in [0.15, 0.2) is 71.3 Å². The number of dihydropyridines is 1. The Morgan fingerprint density at radius 2 is 2.07 bits per heavy atom. The Morgan fingerprint density at radius 1 is 1.17 bits per heavy atom. The van der Waals surface area contributed by atoms with Crippen LogP contribution in [0.4, 0.5) is 4.39 Å². The Bertz CT molecular complexity index is 1290. The van der Waals surface area contributed by atoms with Gasteiger partial charge in [-0.3, -0.25) is 9.79 Å². The van der Waals surface area contributed by atoms with Gasteiger partial charge in [0.25, 0.3) is 0 Å². The lowest BCUT2D eigenvalue weighted by molar-refractivity contribution is 0.100. The number of allylic oxidation sites excluding steroid dienone is 3. The normalized spacial score (nSPS) is 19.7. The average Bonchev–Trinajstić information content (AvgIpc) is 3.16. The number of primary amides is 1. The minimum absolute atomic E-state index is 0.138. The smallest absolute Gasteiger partial charge is 0.248 e. The number of halogens is 1. The molecule has 3 heterocycles. The van der Waals surface area contributed by atoms with Gasteiger partial charge in [-0.2, -0.15) is 9.61 Å². The molecule has 2 atom stereocenters. The van der Waals surface area contributed by atoms with Gasteiger partial charge >= 0.3 is 0 Å². The lowest BCUT2D eigenvalue weighted by atomic mass is 9.89. The molecule has 148 valence electrons. The van der Waals surface area contributed by atoms with Gasteiger partial charge < -0.3 is 5.73 Å². The van der Waals surface area contributed by atoms with E-state index in [1.54, 1.807) is 16.6 Å². The number of hydrogen-bond donors (Lipinski definition) is 1. The summed E-state index contributed by atoms with van der Waals surface area (Å²) in [5.74, 6) is -0.257. The van der Waals surface area contributed by atoms with Gasteiger partial charge in [0.1, 0.15) is 5.82 Å². The second kappa shape index (κ2) is 7.14. The molecule has 1 aliphatic carbocycles. The van der Waals surface area contributed by atoms with Crippen molar-refractivity contribution in [2.75, 3.05) is 0 Å². The zero-order chi connectivity index (χ0) is 20.7. The summed E-state index contributed by atoms with van der Waals surface area (Å²) in [5.41, 5.74) is 7.74. The molecule has 2 N–H and O–H groups in total. The first kappa shape index (κ1) is 18.1. The summed E-state index contributed by atoms with van der Waals surface area (Å²) in [6, 6.07) is 7.46. The topological polar surface area (TPSA) is 98.5 Å². The summed E-state index contributed by atoms with van der Waals surface area (Å²) >= 11 is 0. The van der Waals surface area contributed by atoms with Crippen molar-refractivity contribution >= 4 is 17.8 Å². The first-order chi connectivity index (χ1) is 14.6. The van der Waals surface area contributed by atoms with Crippen LogP contribution < -0.4 is 5.73 Å². The Labute approximate surface area is 171 Å². The Kier molecular flexibility index (Phi) is 4.31. The number of carbonyl (C=O) groups is 1. The SMILES string of the molecule is NC(=O)c1ccc(F)c(-c2ccc3nnc(CC4=CC5C=CC=NC5C=C4)n3n2)c1. The number of rotatable bonds is 4. The third-order valence-electron chi connectivity index (χ3n) is 5.20. The van der Waals surface area contributed by atoms with Crippen molar-refractivity contribution in [1.82, 2.24) is 19.8 Å². The maximum absolute atomic E-state index is 14.4. The molecule has 0 radical (unpaired) electrons. The van der Waals surface area contributed by atoms with Gasteiger partial charge in [-0.05, 0) is 42.0 Å². The van der Waals surface area contributed by atoms with Crippen LogP contribution in [0.1, 0.15) is 16.2 Å². The second-order valence-electron chi connectivity index (χ2n) is 7.19. The number of aromatic nitrogens is 4. The minimum atomic E-state index is -0.627. The highest BCUT2D eigenvalue weighted by Crippen LogP contribution is 2.26. The molecule has 2 aliphatic rings. The van der Waals surface area contributed by atoms with Crippen molar-refractivity contribution < 1.29 is 9.18 Å². The molecule has 3 aromatic rings. The summed E-state index contributed by atoms with van der Waals surface area (Å²) in [7, 11) is 0. The van der Waals surface area contributed by atoms with Gasteiger partial charge in [0.05, 0.1) is 11.7 Å². The van der Waals surface area contributed by atoms with Crippen molar-refractivity contribution in [3.05, 3.63) is 83.5 Å². The monoisotopic (exact) mass is 400 g/mol. The van der Waals surface area contributed by atoms with Crippen LogP contribution in [-0.2, 0) is 6.42 Å². The van der Waals surface area contributed by atoms with E-state index in [0.29, 0.717) is 23.6 Å². The fraction of sp³-hybridized carbons (Fsp3) is 0.136. The van der Waals surface area contributed by atoms with E-state index in [9.17, 15) is 9.18 Å². The molecule has 2 aromatic heterocycles. The molecule has 5 rings (SSSR count). The van der Waals surface area contributed by atoms with Gasteiger partial charge in [-0.15, -0.1) is 10.2 Å². The number of aliphatic imine (C=N–C) groups is 1. The van der Waals surface area contributed by atoms with Crippen LogP contribution in [0.25, 0.3) is 16.9 Å². The third kappa shape index (κ3) is 3.22. The number of benzene rings is 1. The number of nitrogens with two attached hydrogens (primary N) is 1. The molecule has 0 saturated heterocycles. The molecule has 2 unspecified atom stereocenters. The maximum Gasteiger partial charge on any atom is 0.248 e. The molecule has 30 heavy (non-hydrogen) atoms. The van der Waals surface area contributed by atoms with E-state index in [1.807, 2.05) is 18.4 Å². The van der Waals surface area contributed by atoms with Crippen molar-refractivity contribution in [3.8, 4) is 11.3 Å². The van der Waals surface area contributed by atoms with E-state index in [1.165, 1.54) is 18.2 Å². The fourth-order valence-electron chi connectivity index (χ4n) is 3.66. The molecule has 8 heteroatoms. The second-order valence-corrected chi connectivity index (χ2v) is 7.19. The van der Waals surface area contributed by atoms with Crippen LogP contribution in [0, 0.1) is 11.7 Å². The summed E-state index contributed by atoms with van der Waals surface area (Å²) in [4.78, 5) is 15.9. The average molecular weight is 400 g/mol. The van der Waals surface area contributed by atoms with Gasteiger partial charge in [-0.25, -0.2) is 4.39 Å². The molecule has 0 spiro atoms. The number of carbonyl (C=O) groups excluding carboxylic acids is 1. The maximum atomic E-state index is 14.4. The van der Waals surface area contributed by atoms with Crippen LogP contribution in [0.3, 0.4) is 0 Å². The summed E-state index contributed by atoms with van der Waals surface area (Å²) in [6.45, 7) is 0. The number of hydrogen-bond acceptors (Lipinski definition) is 5. The van der Waals surface area contributed by atoms with Gasteiger partial charge in [-0.1, -0.05) is 24.3 Å². The van der Waals surface area contributed by atoms with E-state index in [-0.39, 0.29) is 23.1 Å². The van der Waals surface area contributed by atoms with Crippen LogP contribution in [-0.4, -0.2) is 38.0 Å². The predicted molar refractivity (Wildman–Crippen MR) is 111 cm³/mol. The van der Waals surface area contributed by atoms with E-state index in [2.05, 4.69) is 38.5 Å². The van der Waals surface area contributed by atoms with E-state index in [0.717, 1.165) is 5.57 Å². The molecular weight excluding hydrogens is 383 g/mol. The van der Waals surface area contributed by atoms with Crippen LogP contribution in [0.2, 0.25) is 0 Å². The molecule has 7 nitrogen and oxygen atoms in total. The molecule has 1 aromatic carbocycles. The standard InChI is InChI=1S/C22H17FN6O/c23-17-5-4-15(22(24)30)12-16(17)19-7-8-20-26-27-21(29(20)28-19)11-13-3-6-18-14(10-13)2-1-9-25-18/h1-10,12,14,18H,11H2,(H2,24,30). The molecule has 1 aliphatic heterocycles. The van der Waals surface area contributed by atoms with Crippen molar-refractivity contribution in [2.24, 2.45) is 16.6 Å². The molecular formula is C22H17FN6O. The summed E-state index contributed by atoms with van der Waals surface area (Å²) in [6.07, 6.45) is 12.7. The first-order valence-electron chi connectivity index (χ1n) is 9.48. The third-order valence-corrected chi connectivity index (χ3v) is 5.20. The van der Waals surface area contributed by atoms with Crippen molar-refractivity contribution in [1.29, 1.82) is 0 Å². The van der Waals surface area contributed by atoms with Gasteiger partial charge in [0.2, 0.25) is 5.91 Å². The fourth-order valence-corrected chi connectivity index (χ4v) is 3.66. The molecule has 0 bridgehead atoms.